The van der Waals surface area contributed by atoms with E-state index < -0.39 is 65.2 Å². The number of unbranched alkanes of at least 4 members (excludes halogenated alkanes) is 3. The van der Waals surface area contributed by atoms with Crippen LogP contribution in [0, 0.1) is 12.7 Å². The number of hydroxylamine groups is 2. The SMILES string of the molecule is O=S(=O)=O.[CH2-]CCN(CCCS(=O)(=O)[O-])c1ccc2c(c1)C(C)(C)C(/C=C/C1=C(c3ccccc3F)C(=C/C=C3/N(CCCCCC(=O)ON4C(=O)CCC4=O)c4ccc5cc(S(=O)(=O)[O-])ccc5c4C3(C)C)/CCC1)=C2CCCC.[Na+].[Na+].[Na+]. The van der Waals surface area contributed by atoms with Gasteiger partial charge >= 0.3 is 105 Å². The van der Waals surface area contributed by atoms with E-state index in [2.05, 4.69) is 93.8 Å². The standard InChI is InChI=1S/C61H71FN3O10S2.3Na.O3S/c1-7-9-19-47-48-28-26-44(63(35-8-2)36-16-38-76(69,70)71)40-51(48)60(3,4)50(47)30-23-41-17-15-18-42(58(41)49-20-12-13-21-52(49)62)25-32-54-61(5,6)59-46-29-27-45(77(72,73)74)39-43(46)24-31-53(59)64(54)37-14-10-11-22-57(68)75-65-55(66)33-34-56(65)67;;;;1-4(2)3/h12-13,20-21,23-32,39-40H,2,7-11,14-19,22,33-38H2,1,3-6H3,(H,69,70,71)(H,72,73,74);;;;/q-1;3*+1;/p-2/b30-23+,42-25+,54-32+;;;;. The van der Waals surface area contributed by atoms with Crippen molar-refractivity contribution < 1.29 is 151 Å². The number of imide groups is 1. The van der Waals surface area contributed by atoms with Crippen molar-refractivity contribution in [2.75, 3.05) is 35.2 Å². The Kier molecular flexibility index (Phi) is 27.4. The van der Waals surface area contributed by atoms with E-state index in [0.717, 1.165) is 82.4 Å². The number of carbonyl (C=O) groups is 3. The third-order valence-corrected chi connectivity index (χ3v) is 17.2. The Morgan fingerprint density at radius 1 is 0.798 bits per heavy atom. The van der Waals surface area contributed by atoms with Crippen molar-refractivity contribution >= 4 is 81.9 Å². The molecule has 0 aromatic heterocycles. The maximum atomic E-state index is 16.3. The summed E-state index contributed by atoms with van der Waals surface area (Å²) in [6.07, 6.45) is 16.3. The Balaban J connectivity index is 0.00000209. The molecule has 0 bridgehead atoms. The van der Waals surface area contributed by atoms with Gasteiger partial charge in [0, 0.05) is 71.6 Å². The van der Waals surface area contributed by atoms with Crippen LogP contribution in [0.1, 0.15) is 147 Å². The van der Waals surface area contributed by atoms with Gasteiger partial charge in [-0.1, -0.05) is 102 Å². The summed E-state index contributed by atoms with van der Waals surface area (Å²) >= 11 is 0. The van der Waals surface area contributed by atoms with Gasteiger partial charge in [-0.2, -0.15) is 6.42 Å². The topological polar surface area (TPSA) is 236 Å². The first-order chi connectivity index (χ1) is 38.3. The van der Waals surface area contributed by atoms with Crippen LogP contribution in [0.4, 0.5) is 15.8 Å². The summed E-state index contributed by atoms with van der Waals surface area (Å²) in [7, 11) is -12.2. The predicted molar refractivity (Wildman–Crippen MR) is 307 cm³/mol. The number of fused-ring (bicyclic) bond motifs is 4. The second-order valence-electron chi connectivity index (χ2n) is 21.8. The Morgan fingerprint density at radius 3 is 2.13 bits per heavy atom. The number of anilines is 2. The zero-order chi connectivity index (χ0) is 59.0. The smallest absolute Gasteiger partial charge is 0.748 e. The largest absolute Gasteiger partial charge is 1.00 e. The Morgan fingerprint density at radius 2 is 1.49 bits per heavy atom. The minimum atomic E-state index is -4.71. The van der Waals surface area contributed by atoms with Crippen molar-refractivity contribution in [1.29, 1.82) is 0 Å². The van der Waals surface area contributed by atoms with E-state index in [1.807, 2.05) is 24.3 Å². The summed E-state index contributed by atoms with van der Waals surface area (Å²) in [5.74, 6) is -2.48. The Bertz CT molecular complexity index is 3620. The van der Waals surface area contributed by atoms with Gasteiger partial charge in [0.15, 0.2) is 0 Å². The van der Waals surface area contributed by atoms with Gasteiger partial charge in [0.1, 0.15) is 15.9 Å². The first kappa shape index (κ1) is 72.9. The van der Waals surface area contributed by atoms with Gasteiger partial charge < -0.3 is 30.7 Å². The zero-order valence-corrected chi connectivity index (χ0v) is 57.9. The van der Waals surface area contributed by atoms with E-state index in [-0.39, 0.29) is 125 Å². The van der Waals surface area contributed by atoms with Crippen LogP contribution in [0.2, 0.25) is 0 Å². The van der Waals surface area contributed by atoms with Gasteiger partial charge in [0.25, 0.3) is 11.8 Å². The first-order valence-electron chi connectivity index (χ1n) is 27.4. The quantitative estimate of drug-likeness (QED) is 0.0360. The number of carbonyl (C=O) groups excluding carboxylic acids is 3. The third kappa shape index (κ3) is 17.6. The fraction of sp³-hybridized carbons (Fsp3) is 0.410. The molecular formula is C61H69FN3Na3O13S3. The van der Waals surface area contributed by atoms with Gasteiger partial charge in [-0.25, -0.2) is 26.0 Å². The summed E-state index contributed by atoms with van der Waals surface area (Å²) in [4.78, 5) is 45.8. The van der Waals surface area contributed by atoms with Crippen molar-refractivity contribution in [1.82, 2.24) is 5.06 Å². The van der Waals surface area contributed by atoms with Gasteiger partial charge in [-0.05, 0) is 156 Å². The van der Waals surface area contributed by atoms with Gasteiger partial charge in [0.2, 0.25) is 0 Å². The average molecular weight is 1240 g/mol. The average Bonchev–Trinajstić information content (AvgIpc) is 2.22. The molecule has 0 atom stereocenters. The van der Waals surface area contributed by atoms with Crippen LogP contribution >= 0.6 is 0 Å². The predicted octanol–water partition coefficient (Wildman–Crippen LogP) is 2.06. The number of amides is 2. The molecule has 2 amide bonds. The molecule has 2 aliphatic carbocycles. The fourth-order valence-electron chi connectivity index (χ4n) is 11.7. The van der Waals surface area contributed by atoms with Crippen molar-refractivity contribution in [2.45, 2.75) is 140 Å². The van der Waals surface area contributed by atoms with Crippen molar-refractivity contribution in [3.8, 4) is 0 Å². The Hall–Kier alpha value is -3.58. The van der Waals surface area contributed by atoms with Gasteiger partial charge in [-0.15, -0.1) is 17.7 Å². The molecule has 2 heterocycles. The van der Waals surface area contributed by atoms with E-state index in [1.54, 1.807) is 12.1 Å². The number of halogens is 1. The molecule has 84 heavy (non-hydrogen) atoms. The molecule has 8 rings (SSSR count). The fourth-order valence-corrected chi connectivity index (χ4v) is 12.7. The molecule has 23 heteroatoms. The molecule has 1 fully saturated rings. The Labute approximate surface area is 561 Å². The number of allylic oxidation sites excluding steroid dienone is 10. The van der Waals surface area contributed by atoms with E-state index >= 15 is 4.39 Å². The molecule has 0 spiro atoms. The minimum Gasteiger partial charge on any atom is -0.748 e. The number of hydrogen-bond donors (Lipinski definition) is 0. The molecule has 0 saturated carbocycles. The van der Waals surface area contributed by atoms with Crippen LogP contribution < -0.4 is 98.5 Å². The van der Waals surface area contributed by atoms with Crippen LogP contribution in [0.25, 0.3) is 21.9 Å². The second-order valence-corrected chi connectivity index (χ2v) is 25.1. The van der Waals surface area contributed by atoms with Gasteiger partial charge in [-0.3, -0.25) is 9.59 Å². The van der Waals surface area contributed by atoms with E-state index in [0.29, 0.717) is 67.8 Å². The molecule has 434 valence electrons. The number of benzene rings is 4. The summed E-state index contributed by atoms with van der Waals surface area (Å²) in [5.41, 5.74) is 10.8. The van der Waals surface area contributed by atoms with Crippen LogP contribution in [0.3, 0.4) is 0 Å². The summed E-state index contributed by atoms with van der Waals surface area (Å²) in [6.45, 7) is 16.5. The number of rotatable bonds is 22. The summed E-state index contributed by atoms with van der Waals surface area (Å²) in [6, 6.07) is 21.5. The first-order valence-corrected chi connectivity index (χ1v) is 31.3. The molecule has 4 aromatic rings. The molecule has 4 aliphatic rings. The number of hydrogen-bond acceptors (Lipinski definition) is 15. The van der Waals surface area contributed by atoms with Crippen LogP contribution in [-0.4, -0.2) is 86.8 Å². The van der Waals surface area contributed by atoms with Crippen LogP contribution in [0.15, 0.2) is 124 Å². The van der Waals surface area contributed by atoms with E-state index in [1.165, 1.54) is 34.9 Å². The summed E-state index contributed by atoms with van der Waals surface area (Å²) in [5, 5.41) is 1.98. The van der Waals surface area contributed by atoms with Crippen molar-refractivity contribution in [2.24, 2.45) is 0 Å². The maximum Gasteiger partial charge on any atom is 1.00 e. The minimum absolute atomic E-state index is 0. The van der Waals surface area contributed by atoms with Crippen molar-refractivity contribution in [3.05, 3.63) is 155 Å². The molecular weight excluding hydrogens is 1170 g/mol. The zero-order valence-electron chi connectivity index (χ0n) is 49.4. The second kappa shape index (κ2) is 31.6. The molecule has 0 radical (unpaired) electrons. The summed E-state index contributed by atoms with van der Waals surface area (Å²) < 4.78 is 112. The maximum absolute atomic E-state index is 16.3. The van der Waals surface area contributed by atoms with Crippen molar-refractivity contribution in [3.63, 3.8) is 0 Å². The normalized spacial score (nSPS) is 17.2. The third-order valence-electron chi connectivity index (χ3n) is 15.5. The monoisotopic (exact) mass is 1240 g/mol. The molecule has 2 aliphatic heterocycles. The molecule has 4 aromatic carbocycles. The number of nitrogens with zero attached hydrogens (tertiary/aromatic N) is 3. The van der Waals surface area contributed by atoms with Crippen LogP contribution in [0.5, 0.6) is 0 Å². The van der Waals surface area contributed by atoms with Gasteiger partial charge in [0.05, 0.1) is 15.0 Å². The van der Waals surface area contributed by atoms with E-state index in [9.17, 15) is 40.3 Å². The molecule has 1 saturated heterocycles. The van der Waals surface area contributed by atoms with E-state index in [4.69, 9.17) is 17.5 Å². The molecule has 0 unspecified atom stereocenters. The molecule has 0 N–H and O–H groups in total. The van der Waals surface area contributed by atoms with Crippen LogP contribution in [-0.2, 0) is 60.9 Å². The molecule has 16 nitrogen and oxygen atoms in total.